The lowest BCUT2D eigenvalue weighted by Crippen LogP contribution is -2.40. The highest BCUT2D eigenvalue weighted by molar-refractivity contribution is 7.89. The molecule has 1 fully saturated rings. The van der Waals surface area contributed by atoms with Crippen molar-refractivity contribution in [2.24, 2.45) is 5.92 Å². The number of benzene rings is 1. The number of hydrogen-bond acceptors (Lipinski definition) is 4. The smallest absolute Gasteiger partial charge is 0.265 e. The predicted octanol–water partition coefficient (Wildman–Crippen LogP) is 1.85. The molecule has 7 heteroatoms. The van der Waals surface area contributed by atoms with Gasteiger partial charge < -0.3 is 9.64 Å². The number of amides is 1. The quantitative estimate of drug-likeness (QED) is 0.844. The minimum atomic E-state index is -3.54. The van der Waals surface area contributed by atoms with Crippen LogP contribution >= 0.6 is 0 Å². The summed E-state index contributed by atoms with van der Waals surface area (Å²) in [6.45, 7) is 5.51. The second kappa shape index (κ2) is 6.13. The molecule has 126 valence electrons. The number of nitrogens with zero attached hydrogens (tertiary/aromatic N) is 2. The summed E-state index contributed by atoms with van der Waals surface area (Å²) in [5, 5.41) is 0. The van der Waals surface area contributed by atoms with Crippen molar-refractivity contribution < 1.29 is 17.9 Å². The van der Waals surface area contributed by atoms with Gasteiger partial charge in [0.15, 0.2) is 6.61 Å². The number of ether oxygens (including phenoxy) is 1. The van der Waals surface area contributed by atoms with Crippen LogP contribution in [0.1, 0.15) is 26.7 Å². The first-order chi connectivity index (χ1) is 10.9. The SMILES string of the molecule is CCN1C(=O)COc2ccc(S(=O)(=O)N3CCCC(C)C3)cc21. The van der Waals surface area contributed by atoms with Crippen LogP contribution in [0, 0.1) is 5.92 Å². The maximum absolute atomic E-state index is 12.9. The van der Waals surface area contributed by atoms with Crippen molar-refractivity contribution in [3.05, 3.63) is 18.2 Å². The standard InChI is InChI=1S/C16H22N2O4S/c1-3-18-14-9-13(6-7-15(14)22-11-16(18)19)23(20,21)17-8-4-5-12(2)10-17/h6-7,9,12H,3-5,8,10-11H2,1-2H3. The van der Waals surface area contributed by atoms with Crippen LogP contribution in [0.25, 0.3) is 0 Å². The molecule has 0 aromatic heterocycles. The van der Waals surface area contributed by atoms with Gasteiger partial charge in [-0.1, -0.05) is 6.92 Å². The first kappa shape index (κ1) is 16.3. The molecule has 1 amide bonds. The lowest BCUT2D eigenvalue weighted by molar-refractivity contribution is -0.121. The average Bonchev–Trinajstić information content (AvgIpc) is 2.54. The molecule has 1 aromatic carbocycles. The van der Waals surface area contributed by atoms with Gasteiger partial charge in [-0.2, -0.15) is 4.31 Å². The molecule has 2 aliphatic rings. The van der Waals surface area contributed by atoms with Gasteiger partial charge in [-0.05, 0) is 43.9 Å². The summed E-state index contributed by atoms with van der Waals surface area (Å²) in [6, 6.07) is 4.77. The Morgan fingerprint density at radius 1 is 1.35 bits per heavy atom. The average molecular weight is 338 g/mol. The van der Waals surface area contributed by atoms with Gasteiger partial charge in [0.05, 0.1) is 10.6 Å². The highest BCUT2D eigenvalue weighted by Crippen LogP contribution is 2.35. The van der Waals surface area contributed by atoms with Gasteiger partial charge in [-0.25, -0.2) is 8.42 Å². The third-order valence-electron chi connectivity index (χ3n) is 4.45. The summed E-state index contributed by atoms with van der Waals surface area (Å²) >= 11 is 0. The molecular formula is C16H22N2O4S. The van der Waals surface area contributed by atoms with E-state index in [1.54, 1.807) is 27.4 Å². The van der Waals surface area contributed by atoms with Crippen LogP contribution in [-0.2, 0) is 14.8 Å². The van der Waals surface area contributed by atoms with E-state index >= 15 is 0 Å². The summed E-state index contributed by atoms with van der Waals surface area (Å²) < 4.78 is 32.7. The molecule has 3 rings (SSSR count). The van der Waals surface area contributed by atoms with E-state index in [4.69, 9.17) is 4.74 Å². The topological polar surface area (TPSA) is 66.9 Å². The molecular weight excluding hydrogens is 316 g/mol. The van der Waals surface area contributed by atoms with Gasteiger partial charge in [0.2, 0.25) is 10.0 Å². The monoisotopic (exact) mass is 338 g/mol. The number of carbonyl (C=O) groups excluding carboxylic acids is 1. The Bertz CT molecular complexity index is 717. The summed E-state index contributed by atoms with van der Waals surface area (Å²) in [7, 11) is -3.54. The van der Waals surface area contributed by atoms with Gasteiger partial charge in [0.1, 0.15) is 5.75 Å². The fourth-order valence-electron chi connectivity index (χ4n) is 3.20. The minimum Gasteiger partial charge on any atom is -0.482 e. The van der Waals surface area contributed by atoms with Gasteiger partial charge in [0, 0.05) is 19.6 Å². The summed E-state index contributed by atoms with van der Waals surface area (Å²) in [5.74, 6) is 0.770. The molecule has 1 atom stereocenters. The van der Waals surface area contributed by atoms with Crippen molar-refractivity contribution in [3.8, 4) is 5.75 Å². The Morgan fingerprint density at radius 2 is 2.13 bits per heavy atom. The predicted molar refractivity (Wildman–Crippen MR) is 87.1 cm³/mol. The Labute approximate surface area is 137 Å². The van der Waals surface area contributed by atoms with Crippen molar-refractivity contribution >= 4 is 21.6 Å². The zero-order valence-corrected chi connectivity index (χ0v) is 14.3. The highest BCUT2D eigenvalue weighted by Gasteiger charge is 2.31. The normalized spacial score (nSPS) is 22.6. The number of anilines is 1. The number of rotatable bonds is 3. The van der Waals surface area contributed by atoms with Crippen molar-refractivity contribution in [3.63, 3.8) is 0 Å². The van der Waals surface area contributed by atoms with Gasteiger partial charge >= 0.3 is 0 Å². The third-order valence-corrected chi connectivity index (χ3v) is 6.31. The Kier molecular flexibility index (Phi) is 4.33. The fourth-order valence-corrected chi connectivity index (χ4v) is 4.82. The fraction of sp³-hybridized carbons (Fsp3) is 0.562. The molecule has 0 N–H and O–H groups in total. The van der Waals surface area contributed by atoms with Gasteiger partial charge in [-0.3, -0.25) is 4.79 Å². The second-order valence-corrected chi connectivity index (χ2v) is 8.10. The molecule has 1 unspecified atom stereocenters. The largest absolute Gasteiger partial charge is 0.482 e. The van der Waals surface area contributed by atoms with Crippen molar-refractivity contribution in [1.29, 1.82) is 0 Å². The van der Waals surface area contributed by atoms with Crippen LogP contribution < -0.4 is 9.64 Å². The highest BCUT2D eigenvalue weighted by atomic mass is 32.2. The van der Waals surface area contributed by atoms with Gasteiger partial charge in [0.25, 0.3) is 5.91 Å². The van der Waals surface area contributed by atoms with Crippen molar-refractivity contribution in [2.45, 2.75) is 31.6 Å². The number of fused-ring (bicyclic) bond motifs is 1. The summed E-state index contributed by atoms with van der Waals surface area (Å²) in [5.41, 5.74) is 0.537. The number of likely N-dealkylation sites (N-methyl/N-ethyl adjacent to an activating group) is 1. The molecule has 0 radical (unpaired) electrons. The second-order valence-electron chi connectivity index (χ2n) is 6.17. The molecule has 23 heavy (non-hydrogen) atoms. The van der Waals surface area contributed by atoms with E-state index in [-0.39, 0.29) is 17.4 Å². The van der Waals surface area contributed by atoms with E-state index in [9.17, 15) is 13.2 Å². The molecule has 2 heterocycles. The van der Waals surface area contributed by atoms with Crippen LogP contribution in [0.5, 0.6) is 5.75 Å². The minimum absolute atomic E-state index is 0.00340. The number of carbonyl (C=O) groups is 1. The molecule has 2 aliphatic heterocycles. The van der Waals surface area contributed by atoms with Crippen LogP contribution in [-0.4, -0.2) is 44.9 Å². The first-order valence-electron chi connectivity index (χ1n) is 8.01. The molecule has 0 saturated carbocycles. The van der Waals surface area contributed by atoms with E-state index < -0.39 is 10.0 Å². The molecule has 6 nitrogen and oxygen atoms in total. The maximum Gasteiger partial charge on any atom is 0.265 e. The Morgan fingerprint density at radius 3 is 2.83 bits per heavy atom. The van der Waals surface area contributed by atoms with Crippen LogP contribution in [0.3, 0.4) is 0 Å². The molecule has 1 aromatic rings. The van der Waals surface area contributed by atoms with E-state index in [1.807, 2.05) is 6.92 Å². The molecule has 0 spiro atoms. The van der Waals surface area contributed by atoms with Crippen molar-refractivity contribution in [1.82, 2.24) is 4.31 Å². The summed E-state index contributed by atoms with van der Waals surface area (Å²) in [4.78, 5) is 13.7. The van der Waals surface area contributed by atoms with E-state index in [1.165, 1.54) is 0 Å². The number of hydrogen-bond donors (Lipinski definition) is 0. The van der Waals surface area contributed by atoms with Crippen LogP contribution in [0.15, 0.2) is 23.1 Å². The third kappa shape index (κ3) is 2.95. The Balaban J connectivity index is 1.97. The molecule has 0 bridgehead atoms. The maximum atomic E-state index is 12.9. The number of sulfonamides is 1. The van der Waals surface area contributed by atoms with Gasteiger partial charge in [-0.15, -0.1) is 0 Å². The summed E-state index contributed by atoms with van der Waals surface area (Å²) in [6.07, 6.45) is 1.94. The van der Waals surface area contributed by atoms with Crippen LogP contribution in [0.4, 0.5) is 5.69 Å². The lowest BCUT2D eigenvalue weighted by atomic mass is 10.0. The first-order valence-corrected chi connectivity index (χ1v) is 9.45. The lowest BCUT2D eigenvalue weighted by Gasteiger charge is -2.31. The van der Waals surface area contributed by atoms with Crippen LogP contribution in [0.2, 0.25) is 0 Å². The van der Waals surface area contributed by atoms with E-state index in [2.05, 4.69) is 6.92 Å². The molecule has 0 aliphatic carbocycles. The molecule has 1 saturated heterocycles. The van der Waals surface area contributed by atoms with E-state index in [0.29, 0.717) is 37.0 Å². The van der Waals surface area contributed by atoms with Crippen molar-refractivity contribution in [2.75, 3.05) is 31.1 Å². The zero-order chi connectivity index (χ0) is 16.6. The Hall–Kier alpha value is -1.60. The zero-order valence-electron chi connectivity index (χ0n) is 13.5. The number of piperidine rings is 1. The van der Waals surface area contributed by atoms with E-state index in [0.717, 1.165) is 12.8 Å².